The Balaban J connectivity index is 1.64. The van der Waals surface area contributed by atoms with E-state index in [-0.39, 0.29) is 36.4 Å². The van der Waals surface area contributed by atoms with Gasteiger partial charge in [0.2, 0.25) is 11.8 Å². The third-order valence-electron chi connectivity index (χ3n) is 4.93. The van der Waals surface area contributed by atoms with E-state index in [1.165, 1.54) is 11.0 Å². The molecule has 0 saturated carbocycles. The maximum absolute atomic E-state index is 13.4. The summed E-state index contributed by atoms with van der Waals surface area (Å²) in [7, 11) is 0. The fourth-order valence-electron chi connectivity index (χ4n) is 3.40. The topological polar surface area (TPSA) is 58.6 Å². The van der Waals surface area contributed by atoms with Gasteiger partial charge in [0.05, 0.1) is 12.0 Å². The highest BCUT2D eigenvalue weighted by Gasteiger charge is 2.36. The van der Waals surface area contributed by atoms with Gasteiger partial charge in [0.15, 0.2) is 11.6 Å². The molecule has 2 atom stereocenters. The van der Waals surface area contributed by atoms with Crippen LogP contribution in [0.25, 0.3) is 0 Å². The summed E-state index contributed by atoms with van der Waals surface area (Å²) in [6.07, 6.45) is 7.13. The molecule has 0 radical (unpaired) electrons. The first kappa shape index (κ1) is 18.3. The lowest BCUT2D eigenvalue weighted by Gasteiger charge is -2.28. The minimum Gasteiger partial charge on any atom is -0.381 e. The molecule has 2 fully saturated rings. The summed E-state index contributed by atoms with van der Waals surface area (Å²) in [6, 6.07) is 2.84. The number of ether oxygens (including phenoxy) is 1. The average molecular weight is 362 g/mol. The number of benzene rings is 1. The van der Waals surface area contributed by atoms with Gasteiger partial charge in [0.1, 0.15) is 0 Å². The second-order valence-electron chi connectivity index (χ2n) is 6.61. The zero-order valence-corrected chi connectivity index (χ0v) is 14.2. The van der Waals surface area contributed by atoms with Crippen molar-refractivity contribution in [3.05, 3.63) is 29.8 Å². The van der Waals surface area contributed by atoms with Gasteiger partial charge in [-0.3, -0.25) is 9.59 Å². The number of nitrogens with zero attached hydrogens (tertiary/aromatic N) is 1. The number of nitrogens with one attached hydrogen (secondary N) is 1. The highest BCUT2D eigenvalue weighted by molar-refractivity contribution is 6.00. The standard InChI is InChI=1S/C19H20F2N2O3/c1-2-17(12-5-7-26-8-6-12)22-19(25)13-9-18(24)23(11-13)14-3-4-15(20)16(21)10-14/h1,3-4,10,12-13,17H,5-9,11H2,(H,22,25)/t13-,17-/m0/s1. The molecule has 138 valence electrons. The highest BCUT2D eigenvalue weighted by Crippen LogP contribution is 2.27. The molecule has 2 aliphatic rings. The molecule has 0 aromatic heterocycles. The zero-order chi connectivity index (χ0) is 18.7. The van der Waals surface area contributed by atoms with Crippen molar-refractivity contribution in [1.29, 1.82) is 0 Å². The van der Waals surface area contributed by atoms with Gasteiger partial charge in [-0.1, -0.05) is 5.92 Å². The maximum Gasteiger partial charge on any atom is 0.227 e. The average Bonchev–Trinajstić information content (AvgIpc) is 3.04. The summed E-state index contributed by atoms with van der Waals surface area (Å²) >= 11 is 0. The molecular weight excluding hydrogens is 342 g/mol. The van der Waals surface area contributed by atoms with Gasteiger partial charge in [0, 0.05) is 37.9 Å². The molecule has 26 heavy (non-hydrogen) atoms. The molecule has 1 aromatic rings. The second kappa shape index (κ2) is 7.83. The van der Waals surface area contributed by atoms with Crippen LogP contribution >= 0.6 is 0 Å². The van der Waals surface area contributed by atoms with Crippen LogP contribution in [0.2, 0.25) is 0 Å². The Bertz CT molecular complexity index is 741. The summed E-state index contributed by atoms with van der Waals surface area (Å²) in [5, 5.41) is 2.85. The minimum absolute atomic E-state index is 0.00982. The van der Waals surface area contributed by atoms with Crippen LogP contribution in [0.4, 0.5) is 14.5 Å². The number of amides is 2. The summed E-state index contributed by atoms with van der Waals surface area (Å²) in [4.78, 5) is 26.1. The summed E-state index contributed by atoms with van der Waals surface area (Å²) in [5.74, 6) is -0.426. The third kappa shape index (κ3) is 3.86. The highest BCUT2D eigenvalue weighted by atomic mass is 19.2. The molecule has 1 N–H and O–H groups in total. The number of hydrogen-bond donors (Lipinski definition) is 1. The van der Waals surface area contributed by atoms with Gasteiger partial charge in [0.25, 0.3) is 0 Å². The van der Waals surface area contributed by atoms with Gasteiger partial charge in [-0.2, -0.15) is 0 Å². The van der Waals surface area contributed by atoms with E-state index in [1.54, 1.807) is 0 Å². The monoisotopic (exact) mass is 362 g/mol. The molecule has 2 aliphatic heterocycles. The lowest BCUT2D eigenvalue weighted by molar-refractivity contribution is -0.127. The van der Waals surface area contributed by atoms with Crippen molar-refractivity contribution in [3.8, 4) is 12.3 Å². The largest absolute Gasteiger partial charge is 0.381 e. The second-order valence-corrected chi connectivity index (χ2v) is 6.61. The lowest BCUT2D eigenvalue weighted by Crippen LogP contribution is -2.44. The van der Waals surface area contributed by atoms with Crippen LogP contribution in [0.5, 0.6) is 0 Å². The third-order valence-corrected chi connectivity index (χ3v) is 4.93. The number of halogens is 2. The van der Waals surface area contributed by atoms with Gasteiger partial charge < -0.3 is 15.0 Å². The maximum atomic E-state index is 13.4. The van der Waals surface area contributed by atoms with Gasteiger partial charge in [-0.05, 0) is 30.9 Å². The Hall–Kier alpha value is -2.46. The van der Waals surface area contributed by atoms with Crippen LogP contribution < -0.4 is 10.2 Å². The first-order valence-electron chi connectivity index (χ1n) is 8.59. The summed E-state index contributed by atoms with van der Waals surface area (Å²) in [6.45, 7) is 1.34. The van der Waals surface area contributed by atoms with E-state index in [1.807, 2.05) is 0 Å². The van der Waals surface area contributed by atoms with Crippen molar-refractivity contribution in [2.75, 3.05) is 24.7 Å². The number of rotatable bonds is 4. The van der Waals surface area contributed by atoms with Crippen LogP contribution in [0.1, 0.15) is 19.3 Å². The normalized spacial score (nSPS) is 22.1. The van der Waals surface area contributed by atoms with Crippen molar-refractivity contribution < 1.29 is 23.1 Å². The molecule has 1 aromatic carbocycles. The van der Waals surface area contributed by atoms with Crippen molar-refractivity contribution in [2.24, 2.45) is 11.8 Å². The zero-order valence-electron chi connectivity index (χ0n) is 14.2. The van der Waals surface area contributed by atoms with Crippen LogP contribution in [-0.4, -0.2) is 37.6 Å². The molecular formula is C19H20F2N2O3. The number of carbonyl (C=O) groups excluding carboxylic acids is 2. The van der Waals surface area contributed by atoms with E-state index >= 15 is 0 Å². The molecule has 2 amide bonds. The van der Waals surface area contributed by atoms with Crippen molar-refractivity contribution in [1.82, 2.24) is 5.32 Å². The van der Waals surface area contributed by atoms with E-state index in [9.17, 15) is 18.4 Å². The van der Waals surface area contributed by atoms with Crippen LogP contribution in [-0.2, 0) is 14.3 Å². The summed E-state index contributed by atoms with van der Waals surface area (Å²) < 4.78 is 31.8. The number of terminal acetylenes is 1. The Morgan fingerprint density at radius 1 is 1.31 bits per heavy atom. The summed E-state index contributed by atoms with van der Waals surface area (Å²) in [5.41, 5.74) is 0.238. The Morgan fingerprint density at radius 2 is 2.04 bits per heavy atom. The number of hydrogen-bond acceptors (Lipinski definition) is 3. The predicted octanol–water partition coefficient (Wildman–Crippen LogP) is 1.86. The van der Waals surface area contributed by atoms with E-state index < -0.39 is 23.6 Å². The molecule has 2 heterocycles. The van der Waals surface area contributed by atoms with Crippen LogP contribution in [0.3, 0.4) is 0 Å². The Kier molecular flexibility index (Phi) is 5.52. The predicted molar refractivity (Wildman–Crippen MR) is 91.1 cm³/mol. The van der Waals surface area contributed by atoms with E-state index in [0.717, 1.165) is 25.0 Å². The molecule has 3 rings (SSSR count). The van der Waals surface area contributed by atoms with Gasteiger partial charge in [-0.25, -0.2) is 8.78 Å². The smallest absolute Gasteiger partial charge is 0.227 e. The van der Waals surface area contributed by atoms with Crippen molar-refractivity contribution in [2.45, 2.75) is 25.3 Å². The molecule has 0 aliphatic carbocycles. The van der Waals surface area contributed by atoms with Crippen molar-refractivity contribution in [3.63, 3.8) is 0 Å². The SMILES string of the molecule is C#C[C@H](NC(=O)[C@H]1CC(=O)N(c2ccc(F)c(F)c2)C1)C1CCOCC1. The molecule has 5 nitrogen and oxygen atoms in total. The first-order valence-corrected chi connectivity index (χ1v) is 8.59. The van der Waals surface area contributed by atoms with Gasteiger partial charge >= 0.3 is 0 Å². The molecule has 2 saturated heterocycles. The van der Waals surface area contributed by atoms with E-state index in [2.05, 4.69) is 11.2 Å². The Labute approximate surface area is 150 Å². The van der Waals surface area contributed by atoms with Crippen LogP contribution in [0, 0.1) is 35.8 Å². The minimum atomic E-state index is -1.03. The molecule has 7 heteroatoms. The van der Waals surface area contributed by atoms with E-state index in [0.29, 0.717) is 13.2 Å². The number of anilines is 1. The quantitative estimate of drug-likeness (QED) is 0.832. The lowest BCUT2D eigenvalue weighted by atomic mass is 9.91. The fourth-order valence-corrected chi connectivity index (χ4v) is 3.40. The van der Waals surface area contributed by atoms with E-state index in [4.69, 9.17) is 11.2 Å². The van der Waals surface area contributed by atoms with Crippen molar-refractivity contribution >= 4 is 17.5 Å². The first-order chi connectivity index (χ1) is 12.5. The van der Waals surface area contributed by atoms with Crippen LogP contribution in [0.15, 0.2) is 18.2 Å². The molecule has 0 bridgehead atoms. The Morgan fingerprint density at radius 3 is 2.69 bits per heavy atom. The molecule has 0 spiro atoms. The number of carbonyl (C=O) groups is 2. The molecule has 0 unspecified atom stereocenters. The fraction of sp³-hybridized carbons (Fsp3) is 0.474. The van der Waals surface area contributed by atoms with Gasteiger partial charge in [-0.15, -0.1) is 6.42 Å².